The zero-order valence-corrected chi connectivity index (χ0v) is 10.2. The zero-order chi connectivity index (χ0) is 11.5. The standard InChI is InChI=1S/C11H12ClNO2S/c12-8-2-1-3-9(10(8)11(13)16)15-7-4-5-14-6-7/h1-3,7H,4-6H2,(H2,13,16). The molecule has 1 aliphatic heterocycles. The van der Waals surface area contributed by atoms with E-state index in [1.54, 1.807) is 6.07 Å². The van der Waals surface area contributed by atoms with Crippen molar-refractivity contribution >= 4 is 28.8 Å². The van der Waals surface area contributed by atoms with Crippen LogP contribution in [0.2, 0.25) is 5.02 Å². The van der Waals surface area contributed by atoms with Gasteiger partial charge in [0.15, 0.2) is 0 Å². The molecule has 1 aliphatic rings. The number of thiocarbonyl (C=S) groups is 1. The number of halogens is 1. The van der Waals surface area contributed by atoms with E-state index in [0.717, 1.165) is 13.0 Å². The summed E-state index contributed by atoms with van der Waals surface area (Å²) in [5.41, 5.74) is 6.23. The number of hydrogen-bond acceptors (Lipinski definition) is 3. The Bertz CT molecular complexity index is 405. The Labute approximate surface area is 104 Å². The van der Waals surface area contributed by atoms with Crippen molar-refractivity contribution in [1.82, 2.24) is 0 Å². The maximum Gasteiger partial charge on any atom is 0.131 e. The molecule has 0 aromatic heterocycles. The van der Waals surface area contributed by atoms with Gasteiger partial charge in [-0.15, -0.1) is 0 Å². The van der Waals surface area contributed by atoms with Crippen LogP contribution in [-0.2, 0) is 4.74 Å². The molecule has 1 heterocycles. The van der Waals surface area contributed by atoms with Crippen molar-refractivity contribution in [3.63, 3.8) is 0 Å². The largest absolute Gasteiger partial charge is 0.487 e. The van der Waals surface area contributed by atoms with Gasteiger partial charge in [0.05, 0.1) is 23.8 Å². The topological polar surface area (TPSA) is 44.5 Å². The lowest BCUT2D eigenvalue weighted by atomic mass is 10.2. The van der Waals surface area contributed by atoms with Crippen molar-refractivity contribution in [3.05, 3.63) is 28.8 Å². The highest BCUT2D eigenvalue weighted by molar-refractivity contribution is 7.80. The number of ether oxygens (including phenoxy) is 2. The maximum atomic E-state index is 6.03. The second-order valence-corrected chi connectivity index (χ2v) is 4.43. The van der Waals surface area contributed by atoms with Crippen molar-refractivity contribution in [3.8, 4) is 5.75 Å². The SMILES string of the molecule is NC(=S)c1c(Cl)cccc1OC1CCOC1. The van der Waals surface area contributed by atoms with Crippen molar-refractivity contribution in [2.75, 3.05) is 13.2 Å². The maximum absolute atomic E-state index is 6.03. The fourth-order valence-corrected chi connectivity index (χ4v) is 2.16. The Hall–Kier alpha value is -0.840. The van der Waals surface area contributed by atoms with Crippen LogP contribution in [0.1, 0.15) is 12.0 Å². The van der Waals surface area contributed by atoms with Gasteiger partial charge in [0, 0.05) is 6.42 Å². The third kappa shape index (κ3) is 2.45. The van der Waals surface area contributed by atoms with Crippen molar-refractivity contribution in [1.29, 1.82) is 0 Å². The van der Waals surface area contributed by atoms with Crippen LogP contribution in [0, 0.1) is 0 Å². The molecule has 2 N–H and O–H groups in total. The van der Waals surface area contributed by atoms with E-state index in [1.807, 2.05) is 12.1 Å². The summed E-state index contributed by atoms with van der Waals surface area (Å²) in [4.78, 5) is 0.250. The van der Waals surface area contributed by atoms with Crippen LogP contribution in [0.15, 0.2) is 18.2 Å². The van der Waals surface area contributed by atoms with Gasteiger partial charge in [-0.25, -0.2) is 0 Å². The van der Waals surface area contributed by atoms with Gasteiger partial charge in [-0.05, 0) is 12.1 Å². The van der Waals surface area contributed by atoms with E-state index in [-0.39, 0.29) is 11.1 Å². The van der Waals surface area contributed by atoms with Crippen molar-refractivity contribution in [2.24, 2.45) is 5.73 Å². The molecule has 1 unspecified atom stereocenters. The van der Waals surface area contributed by atoms with E-state index in [1.165, 1.54) is 0 Å². The molecule has 1 atom stereocenters. The smallest absolute Gasteiger partial charge is 0.131 e. The predicted octanol–water partition coefficient (Wildman–Crippen LogP) is 2.14. The number of nitrogens with two attached hydrogens (primary N) is 1. The summed E-state index contributed by atoms with van der Waals surface area (Å²) < 4.78 is 11.0. The second kappa shape index (κ2) is 4.99. The van der Waals surface area contributed by atoms with E-state index in [9.17, 15) is 0 Å². The summed E-state index contributed by atoms with van der Waals surface area (Å²) in [6, 6.07) is 5.38. The lowest BCUT2D eigenvalue weighted by molar-refractivity contribution is 0.141. The van der Waals surface area contributed by atoms with Gasteiger partial charge in [-0.1, -0.05) is 29.9 Å². The molecule has 3 nitrogen and oxygen atoms in total. The molecule has 0 spiro atoms. The molecule has 1 saturated heterocycles. The van der Waals surface area contributed by atoms with Crippen LogP contribution in [0.4, 0.5) is 0 Å². The Morgan fingerprint density at radius 2 is 2.38 bits per heavy atom. The van der Waals surface area contributed by atoms with Gasteiger partial charge in [-0.2, -0.15) is 0 Å². The highest BCUT2D eigenvalue weighted by Gasteiger charge is 2.20. The summed E-state index contributed by atoms with van der Waals surface area (Å²) in [7, 11) is 0. The average molecular weight is 258 g/mol. The molecule has 0 radical (unpaired) electrons. The van der Waals surface area contributed by atoms with Crippen LogP contribution in [0.25, 0.3) is 0 Å². The lowest BCUT2D eigenvalue weighted by Gasteiger charge is -2.15. The summed E-state index contributed by atoms with van der Waals surface area (Å²) in [6.45, 7) is 1.33. The normalized spacial score (nSPS) is 19.7. The van der Waals surface area contributed by atoms with Crippen LogP contribution in [-0.4, -0.2) is 24.3 Å². The van der Waals surface area contributed by atoms with Crippen molar-refractivity contribution < 1.29 is 9.47 Å². The first-order chi connectivity index (χ1) is 7.68. The number of rotatable bonds is 3. The molecule has 2 rings (SSSR count). The molecule has 1 fully saturated rings. The predicted molar refractivity (Wildman–Crippen MR) is 67.2 cm³/mol. The van der Waals surface area contributed by atoms with E-state index >= 15 is 0 Å². The Kier molecular flexibility index (Phi) is 3.63. The summed E-state index contributed by atoms with van der Waals surface area (Å²) in [5.74, 6) is 0.635. The first-order valence-corrected chi connectivity index (χ1v) is 5.80. The minimum absolute atomic E-state index is 0.0616. The average Bonchev–Trinajstić information content (AvgIpc) is 2.70. The van der Waals surface area contributed by atoms with Crippen molar-refractivity contribution in [2.45, 2.75) is 12.5 Å². The Morgan fingerprint density at radius 3 is 3.00 bits per heavy atom. The minimum Gasteiger partial charge on any atom is -0.487 e. The minimum atomic E-state index is 0.0616. The first kappa shape index (κ1) is 11.6. The zero-order valence-electron chi connectivity index (χ0n) is 8.61. The molecular formula is C11H12ClNO2S. The summed E-state index contributed by atoms with van der Waals surface area (Å²) in [6.07, 6.45) is 0.940. The van der Waals surface area contributed by atoms with Gasteiger partial charge in [0.1, 0.15) is 16.8 Å². The summed E-state index contributed by atoms with van der Waals surface area (Å²) >= 11 is 11.0. The molecule has 86 valence electrons. The van der Waals surface area contributed by atoms with Gasteiger partial charge in [-0.3, -0.25) is 0 Å². The Balaban J connectivity index is 2.25. The van der Waals surface area contributed by atoms with Gasteiger partial charge >= 0.3 is 0 Å². The van der Waals surface area contributed by atoms with Gasteiger partial charge in [0.25, 0.3) is 0 Å². The van der Waals surface area contributed by atoms with Crippen LogP contribution < -0.4 is 10.5 Å². The Morgan fingerprint density at radius 1 is 1.56 bits per heavy atom. The molecule has 0 aliphatic carbocycles. The summed E-state index contributed by atoms with van der Waals surface area (Å²) in [5, 5.41) is 0.518. The van der Waals surface area contributed by atoms with Crippen LogP contribution in [0.5, 0.6) is 5.75 Å². The van der Waals surface area contributed by atoms with E-state index in [2.05, 4.69) is 0 Å². The molecule has 1 aromatic rings. The van der Waals surface area contributed by atoms with E-state index < -0.39 is 0 Å². The number of hydrogen-bond donors (Lipinski definition) is 1. The highest BCUT2D eigenvalue weighted by Crippen LogP contribution is 2.28. The quantitative estimate of drug-likeness (QED) is 0.843. The molecule has 16 heavy (non-hydrogen) atoms. The van der Waals surface area contributed by atoms with Gasteiger partial charge in [0.2, 0.25) is 0 Å². The monoisotopic (exact) mass is 257 g/mol. The molecule has 0 bridgehead atoms. The molecule has 5 heteroatoms. The van der Waals surface area contributed by atoms with E-state index in [4.69, 9.17) is 39.0 Å². The number of benzene rings is 1. The van der Waals surface area contributed by atoms with E-state index in [0.29, 0.717) is 22.9 Å². The second-order valence-electron chi connectivity index (χ2n) is 3.58. The first-order valence-electron chi connectivity index (χ1n) is 5.01. The molecule has 0 saturated carbocycles. The molecule has 0 amide bonds. The fourth-order valence-electron chi connectivity index (χ4n) is 1.63. The third-order valence-corrected chi connectivity index (χ3v) is 2.92. The highest BCUT2D eigenvalue weighted by atomic mass is 35.5. The van der Waals surface area contributed by atoms with Crippen LogP contribution >= 0.6 is 23.8 Å². The van der Waals surface area contributed by atoms with Crippen LogP contribution in [0.3, 0.4) is 0 Å². The lowest BCUT2D eigenvalue weighted by Crippen LogP contribution is -2.19. The van der Waals surface area contributed by atoms with Gasteiger partial charge < -0.3 is 15.2 Å². The molecular weight excluding hydrogens is 246 g/mol. The fraction of sp³-hybridized carbons (Fsp3) is 0.364. The third-order valence-electron chi connectivity index (χ3n) is 2.40. The molecule has 1 aromatic carbocycles.